The Kier molecular flexibility index (Phi) is 4.95. The molecule has 2 rings (SSSR count). The maximum atomic E-state index is 12.1. The first-order valence-electron chi connectivity index (χ1n) is 7.21. The molecule has 0 unspecified atom stereocenters. The number of hydrogen-bond acceptors (Lipinski definition) is 5. The normalized spacial score (nSPS) is 25.5. The molecule has 0 aromatic carbocycles. The lowest BCUT2D eigenvalue weighted by Gasteiger charge is -2.36. The molecule has 3 atom stereocenters. The molecule has 0 saturated heterocycles. The van der Waals surface area contributed by atoms with Crippen LogP contribution in [-0.2, 0) is 4.79 Å². The average Bonchev–Trinajstić information content (AvgIpc) is 2.46. The second-order valence-corrected chi connectivity index (χ2v) is 5.49. The molecule has 3 N–H and O–H groups in total. The van der Waals surface area contributed by atoms with Crippen molar-refractivity contribution in [3.63, 3.8) is 0 Å². The van der Waals surface area contributed by atoms with Gasteiger partial charge in [-0.1, -0.05) is 0 Å². The predicted molar refractivity (Wildman–Crippen MR) is 79.5 cm³/mol. The molecule has 1 aliphatic rings. The van der Waals surface area contributed by atoms with Gasteiger partial charge in [-0.3, -0.25) is 9.36 Å². The summed E-state index contributed by atoms with van der Waals surface area (Å²) in [6.07, 6.45) is 4.30. The highest BCUT2D eigenvalue weighted by Crippen LogP contribution is 2.33. The van der Waals surface area contributed by atoms with Gasteiger partial charge in [-0.25, -0.2) is 4.79 Å². The SMILES string of the molecule is CNc1ccn([C@H]2CC[C@@H](CC(=O)O)C[C@@H]2NC)c(=O)n1. The number of carbonyl (C=O) groups is 1. The number of aliphatic carboxylic acids is 1. The van der Waals surface area contributed by atoms with Crippen molar-refractivity contribution in [2.24, 2.45) is 5.92 Å². The van der Waals surface area contributed by atoms with Gasteiger partial charge in [-0.2, -0.15) is 4.98 Å². The highest BCUT2D eigenvalue weighted by atomic mass is 16.4. The fourth-order valence-electron chi connectivity index (χ4n) is 3.12. The Morgan fingerprint density at radius 2 is 2.24 bits per heavy atom. The lowest BCUT2D eigenvalue weighted by Crippen LogP contribution is -2.44. The molecular formula is C14H22N4O3. The van der Waals surface area contributed by atoms with Crippen molar-refractivity contribution >= 4 is 11.8 Å². The van der Waals surface area contributed by atoms with Crippen molar-refractivity contribution in [3.05, 3.63) is 22.7 Å². The van der Waals surface area contributed by atoms with Gasteiger partial charge >= 0.3 is 11.7 Å². The van der Waals surface area contributed by atoms with Gasteiger partial charge in [0.1, 0.15) is 5.82 Å². The van der Waals surface area contributed by atoms with Gasteiger partial charge in [0.15, 0.2) is 0 Å². The standard InChI is InChI=1S/C14H22N4O3/c1-15-10-7-9(8-13(19)20)3-4-11(10)18-6-5-12(16-2)17-14(18)21/h5-6,9-11,15H,3-4,7-8H2,1-2H3,(H,19,20)(H,16,17,21)/t9-,10+,11+/m1/s1. The first-order chi connectivity index (χ1) is 10.0. The van der Waals surface area contributed by atoms with Gasteiger partial charge in [-0.15, -0.1) is 0 Å². The molecule has 7 heteroatoms. The fraction of sp³-hybridized carbons (Fsp3) is 0.643. The molecule has 0 amide bonds. The Morgan fingerprint density at radius 3 is 2.81 bits per heavy atom. The monoisotopic (exact) mass is 294 g/mol. The van der Waals surface area contributed by atoms with Crippen LogP contribution in [0.4, 0.5) is 5.82 Å². The Bertz CT molecular complexity index is 557. The highest BCUT2D eigenvalue weighted by molar-refractivity contribution is 5.67. The van der Waals surface area contributed by atoms with Crippen molar-refractivity contribution in [3.8, 4) is 0 Å². The van der Waals surface area contributed by atoms with Crippen LogP contribution in [0.15, 0.2) is 17.1 Å². The lowest BCUT2D eigenvalue weighted by atomic mass is 9.80. The summed E-state index contributed by atoms with van der Waals surface area (Å²) in [5.74, 6) is -0.0428. The first-order valence-corrected chi connectivity index (χ1v) is 7.21. The van der Waals surface area contributed by atoms with Crippen molar-refractivity contribution in [1.82, 2.24) is 14.9 Å². The van der Waals surface area contributed by atoms with E-state index in [4.69, 9.17) is 5.11 Å². The van der Waals surface area contributed by atoms with Crippen LogP contribution in [0.3, 0.4) is 0 Å². The molecule has 0 bridgehead atoms. The van der Waals surface area contributed by atoms with Gasteiger partial charge in [0, 0.05) is 25.7 Å². The summed E-state index contributed by atoms with van der Waals surface area (Å²) in [5, 5.41) is 15.0. The van der Waals surface area contributed by atoms with Crippen molar-refractivity contribution in [2.75, 3.05) is 19.4 Å². The quantitative estimate of drug-likeness (QED) is 0.739. The molecule has 1 aromatic heterocycles. The van der Waals surface area contributed by atoms with Gasteiger partial charge in [0.05, 0.1) is 6.04 Å². The van der Waals surface area contributed by atoms with Crippen LogP contribution in [-0.4, -0.2) is 40.8 Å². The van der Waals surface area contributed by atoms with E-state index in [0.717, 1.165) is 19.3 Å². The van der Waals surface area contributed by atoms with E-state index < -0.39 is 5.97 Å². The second-order valence-electron chi connectivity index (χ2n) is 5.49. The van der Waals surface area contributed by atoms with E-state index in [9.17, 15) is 9.59 Å². The van der Waals surface area contributed by atoms with Crippen LogP contribution in [0.1, 0.15) is 31.7 Å². The van der Waals surface area contributed by atoms with E-state index in [0.29, 0.717) is 5.82 Å². The largest absolute Gasteiger partial charge is 0.481 e. The fourth-order valence-corrected chi connectivity index (χ4v) is 3.12. The van der Waals surface area contributed by atoms with Crippen LogP contribution in [0, 0.1) is 5.92 Å². The minimum atomic E-state index is -0.759. The van der Waals surface area contributed by atoms with Gasteiger partial charge < -0.3 is 15.7 Å². The van der Waals surface area contributed by atoms with Crippen molar-refractivity contribution in [2.45, 2.75) is 37.8 Å². The molecule has 0 spiro atoms. The average molecular weight is 294 g/mol. The van der Waals surface area contributed by atoms with Crippen molar-refractivity contribution < 1.29 is 9.90 Å². The number of likely N-dealkylation sites (N-methyl/N-ethyl adjacent to an activating group) is 1. The molecule has 1 aliphatic carbocycles. The molecule has 1 heterocycles. The summed E-state index contributed by atoms with van der Waals surface area (Å²) < 4.78 is 1.65. The summed E-state index contributed by atoms with van der Waals surface area (Å²) >= 11 is 0. The topological polar surface area (TPSA) is 96.3 Å². The van der Waals surface area contributed by atoms with Gasteiger partial charge in [0.2, 0.25) is 0 Å². The third-order valence-electron chi connectivity index (χ3n) is 4.20. The zero-order valence-corrected chi connectivity index (χ0v) is 12.4. The molecule has 21 heavy (non-hydrogen) atoms. The third-order valence-corrected chi connectivity index (χ3v) is 4.20. The maximum Gasteiger partial charge on any atom is 0.349 e. The van der Waals surface area contributed by atoms with E-state index in [1.54, 1.807) is 23.9 Å². The number of rotatable bonds is 5. The van der Waals surface area contributed by atoms with Gasteiger partial charge in [0.25, 0.3) is 0 Å². The summed E-state index contributed by atoms with van der Waals surface area (Å²) in [5.41, 5.74) is -0.274. The minimum Gasteiger partial charge on any atom is -0.481 e. The molecule has 1 aromatic rings. The summed E-state index contributed by atoms with van der Waals surface area (Å²) in [7, 11) is 3.57. The Balaban J connectivity index is 2.16. The van der Waals surface area contributed by atoms with E-state index in [1.807, 2.05) is 7.05 Å². The lowest BCUT2D eigenvalue weighted by molar-refractivity contribution is -0.138. The first kappa shape index (κ1) is 15.5. The zero-order chi connectivity index (χ0) is 15.4. The summed E-state index contributed by atoms with van der Waals surface area (Å²) in [4.78, 5) is 26.9. The summed E-state index contributed by atoms with van der Waals surface area (Å²) in [6.45, 7) is 0. The van der Waals surface area contributed by atoms with Crippen LogP contribution < -0.4 is 16.3 Å². The molecule has 0 aliphatic heterocycles. The number of nitrogens with zero attached hydrogens (tertiary/aromatic N) is 2. The number of carboxylic acid groups (broad SMARTS) is 1. The predicted octanol–water partition coefficient (Wildman–Crippen LogP) is 0.689. The van der Waals surface area contributed by atoms with Crippen LogP contribution >= 0.6 is 0 Å². The van der Waals surface area contributed by atoms with Crippen LogP contribution in [0.2, 0.25) is 0 Å². The zero-order valence-electron chi connectivity index (χ0n) is 12.4. The van der Waals surface area contributed by atoms with E-state index in [2.05, 4.69) is 15.6 Å². The number of hydrogen-bond donors (Lipinski definition) is 3. The van der Waals surface area contributed by atoms with E-state index in [-0.39, 0.29) is 30.1 Å². The maximum absolute atomic E-state index is 12.1. The number of carboxylic acids is 1. The molecule has 1 saturated carbocycles. The van der Waals surface area contributed by atoms with E-state index in [1.165, 1.54) is 0 Å². The molecule has 1 fully saturated rings. The van der Waals surface area contributed by atoms with Gasteiger partial charge in [-0.05, 0) is 38.3 Å². The molecule has 116 valence electrons. The van der Waals surface area contributed by atoms with Crippen molar-refractivity contribution in [1.29, 1.82) is 0 Å². The van der Waals surface area contributed by atoms with Crippen LogP contribution in [0.5, 0.6) is 0 Å². The Hall–Kier alpha value is -1.89. The third kappa shape index (κ3) is 3.60. The number of anilines is 1. The Morgan fingerprint density at radius 1 is 1.48 bits per heavy atom. The van der Waals surface area contributed by atoms with Crippen LogP contribution in [0.25, 0.3) is 0 Å². The second kappa shape index (κ2) is 6.71. The Labute approximate surface area is 123 Å². The van der Waals surface area contributed by atoms with E-state index >= 15 is 0 Å². The summed E-state index contributed by atoms with van der Waals surface area (Å²) in [6, 6.07) is 1.88. The number of aromatic nitrogens is 2. The molecule has 0 radical (unpaired) electrons. The molecule has 7 nitrogen and oxygen atoms in total. The minimum absolute atomic E-state index is 0.0194. The smallest absolute Gasteiger partial charge is 0.349 e. The molecular weight excluding hydrogens is 272 g/mol. The highest BCUT2D eigenvalue weighted by Gasteiger charge is 2.32. The number of nitrogens with one attached hydrogen (secondary N) is 2.